The Balaban J connectivity index is 2.05. The van der Waals surface area contributed by atoms with E-state index in [0.717, 1.165) is 17.1 Å². The Morgan fingerprint density at radius 1 is 1.05 bits per heavy atom. The minimum atomic E-state index is 0.568. The molecule has 2 aromatic rings. The third-order valence-corrected chi connectivity index (χ3v) is 4.11. The maximum absolute atomic E-state index is 5.35. The van der Waals surface area contributed by atoms with Crippen LogP contribution in [0.25, 0.3) is 0 Å². The van der Waals surface area contributed by atoms with Crippen LogP contribution >= 0.6 is 24.0 Å². The Morgan fingerprint density at radius 3 is 2.43 bits per heavy atom. The second-order valence-electron chi connectivity index (χ2n) is 5.14. The zero-order valence-corrected chi connectivity index (χ0v) is 13.9. The first-order chi connectivity index (χ1) is 10.1. The number of benzene rings is 2. The van der Waals surface area contributed by atoms with E-state index in [1.54, 1.807) is 11.8 Å². The maximum Gasteiger partial charge on any atom is 0.170 e. The molecular formula is C17H20N2S2. The van der Waals surface area contributed by atoms with Gasteiger partial charge in [-0.1, -0.05) is 55.9 Å². The van der Waals surface area contributed by atoms with Gasteiger partial charge in [0.15, 0.2) is 5.11 Å². The number of rotatable bonds is 5. The van der Waals surface area contributed by atoms with E-state index in [-0.39, 0.29) is 0 Å². The van der Waals surface area contributed by atoms with Crippen molar-refractivity contribution in [1.82, 2.24) is 5.32 Å². The van der Waals surface area contributed by atoms with Crippen molar-refractivity contribution >= 4 is 34.8 Å². The molecule has 2 rings (SSSR count). The molecule has 110 valence electrons. The van der Waals surface area contributed by atoms with Gasteiger partial charge in [-0.3, -0.25) is 0 Å². The highest BCUT2D eigenvalue weighted by molar-refractivity contribution is 7.99. The topological polar surface area (TPSA) is 24.1 Å². The van der Waals surface area contributed by atoms with Crippen molar-refractivity contribution < 1.29 is 0 Å². The zero-order chi connectivity index (χ0) is 15.1. The highest BCUT2D eigenvalue weighted by atomic mass is 32.2. The molecular weight excluding hydrogens is 296 g/mol. The SMILES string of the molecule is CC(C)CNC(=S)Nc1ccccc1Sc1ccccc1. The summed E-state index contributed by atoms with van der Waals surface area (Å²) in [5.74, 6) is 0.568. The predicted molar refractivity (Wildman–Crippen MR) is 96.1 cm³/mol. The first kappa shape index (κ1) is 15.9. The van der Waals surface area contributed by atoms with Gasteiger partial charge in [0.2, 0.25) is 0 Å². The van der Waals surface area contributed by atoms with Gasteiger partial charge in [-0.25, -0.2) is 0 Å². The fraction of sp³-hybridized carbons (Fsp3) is 0.235. The molecule has 0 saturated carbocycles. The summed E-state index contributed by atoms with van der Waals surface area (Å²) in [6, 6.07) is 18.6. The monoisotopic (exact) mass is 316 g/mol. The number of hydrogen-bond donors (Lipinski definition) is 2. The molecule has 0 spiro atoms. The quantitative estimate of drug-likeness (QED) is 0.775. The van der Waals surface area contributed by atoms with Crippen LogP contribution in [-0.2, 0) is 0 Å². The van der Waals surface area contributed by atoms with Gasteiger partial charge in [-0.15, -0.1) is 0 Å². The molecule has 2 N–H and O–H groups in total. The molecule has 0 fully saturated rings. The van der Waals surface area contributed by atoms with Crippen LogP contribution in [0.5, 0.6) is 0 Å². The molecule has 2 aromatic carbocycles. The van der Waals surface area contributed by atoms with Crippen LogP contribution in [0.4, 0.5) is 5.69 Å². The van der Waals surface area contributed by atoms with E-state index >= 15 is 0 Å². The summed E-state index contributed by atoms with van der Waals surface area (Å²) in [6.45, 7) is 5.20. The summed E-state index contributed by atoms with van der Waals surface area (Å²) in [7, 11) is 0. The molecule has 4 heteroatoms. The number of anilines is 1. The molecule has 0 saturated heterocycles. The van der Waals surface area contributed by atoms with E-state index < -0.39 is 0 Å². The first-order valence-electron chi connectivity index (χ1n) is 7.02. The molecule has 0 aliphatic carbocycles. The van der Waals surface area contributed by atoms with Crippen molar-refractivity contribution in [2.24, 2.45) is 5.92 Å². The lowest BCUT2D eigenvalue weighted by Gasteiger charge is -2.14. The van der Waals surface area contributed by atoms with E-state index in [4.69, 9.17) is 12.2 Å². The second-order valence-corrected chi connectivity index (χ2v) is 6.66. The van der Waals surface area contributed by atoms with E-state index in [2.05, 4.69) is 48.7 Å². The maximum atomic E-state index is 5.35. The first-order valence-corrected chi connectivity index (χ1v) is 8.24. The molecule has 2 nitrogen and oxygen atoms in total. The zero-order valence-electron chi connectivity index (χ0n) is 12.3. The molecule has 0 atom stereocenters. The summed E-state index contributed by atoms with van der Waals surface area (Å²) in [4.78, 5) is 2.38. The molecule has 0 unspecified atom stereocenters. The predicted octanol–water partition coefficient (Wildman–Crippen LogP) is 4.78. The lowest BCUT2D eigenvalue weighted by molar-refractivity contribution is 0.627. The third-order valence-electron chi connectivity index (χ3n) is 2.78. The summed E-state index contributed by atoms with van der Waals surface area (Å²) >= 11 is 7.08. The van der Waals surface area contributed by atoms with Crippen molar-refractivity contribution in [1.29, 1.82) is 0 Å². The van der Waals surface area contributed by atoms with E-state index in [1.165, 1.54) is 4.90 Å². The normalized spacial score (nSPS) is 10.4. The number of thiocarbonyl (C=S) groups is 1. The van der Waals surface area contributed by atoms with Crippen LogP contribution in [-0.4, -0.2) is 11.7 Å². The third kappa shape index (κ3) is 5.40. The van der Waals surface area contributed by atoms with Crippen molar-refractivity contribution in [3.8, 4) is 0 Å². The molecule has 0 aromatic heterocycles. The van der Waals surface area contributed by atoms with Gasteiger partial charge in [0.05, 0.1) is 5.69 Å². The molecule has 0 amide bonds. The summed E-state index contributed by atoms with van der Waals surface area (Å²) < 4.78 is 0. The van der Waals surface area contributed by atoms with Crippen molar-refractivity contribution in [2.45, 2.75) is 23.6 Å². The molecule has 0 aliphatic rings. The average molecular weight is 316 g/mol. The fourth-order valence-corrected chi connectivity index (χ4v) is 2.85. The number of para-hydroxylation sites is 1. The van der Waals surface area contributed by atoms with Crippen LogP contribution < -0.4 is 10.6 Å². The van der Waals surface area contributed by atoms with Gasteiger partial charge in [0, 0.05) is 16.3 Å². The summed E-state index contributed by atoms with van der Waals surface area (Å²) in [5, 5.41) is 7.19. The van der Waals surface area contributed by atoms with Gasteiger partial charge in [0.1, 0.15) is 0 Å². The Labute approximate surface area is 136 Å². The highest BCUT2D eigenvalue weighted by Crippen LogP contribution is 2.33. The Hall–Kier alpha value is -1.52. The van der Waals surface area contributed by atoms with Crippen LogP contribution in [0.1, 0.15) is 13.8 Å². The lowest BCUT2D eigenvalue weighted by atomic mass is 10.2. The smallest absolute Gasteiger partial charge is 0.170 e. The van der Waals surface area contributed by atoms with Gasteiger partial charge < -0.3 is 10.6 Å². The van der Waals surface area contributed by atoms with Crippen molar-refractivity contribution in [3.63, 3.8) is 0 Å². The van der Waals surface area contributed by atoms with Crippen molar-refractivity contribution in [3.05, 3.63) is 54.6 Å². The van der Waals surface area contributed by atoms with Gasteiger partial charge >= 0.3 is 0 Å². The number of hydrogen-bond acceptors (Lipinski definition) is 2. The van der Waals surface area contributed by atoms with E-state index in [0.29, 0.717) is 11.0 Å². The minimum Gasteiger partial charge on any atom is -0.362 e. The van der Waals surface area contributed by atoms with Crippen molar-refractivity contribution in [2.75, 3.05) is 11.9 Å². The van der Waals surface area contributed by atoms with Gasteiger partial charge in [0.25, 0.3) is 0 Å². The summed E-state index contributed by atoms with van der Waals surface area (Å²) in [6.07, 6.45) is 0. The highest BCUT2D eigenvalue weighted by Gasteiger charge is 2.05. The van der Waals surface area contributed by atoms with E-state index in [9.17, 15) is 0 Å². The Morgan fingerprint density at radius 2 is 1.71 bits per heavy atom. The fourth-order valence-electron chi connectivity index (χ4n) is 1.74. The second kappa shape index (κ2) is 8.05. The van der Waals surface area contributed by atoms with Crippen LogP contribution in [0.3, 0.4) is 0 Å². The Bertz CT molecular complexity index is 582. The Kier molecular flexibility index (Phi) is 6.08. The summed E-state index contributed by atoms with van der Waals surface area (Å²) in [5.41, 5.74) is 1.03. The molecule has 0 bridgehead atoms. The minimum absolute atomic E-state index is 0.568. The molecule has 0 radical (unpaired) electrons. The van der Waals surface area contributed by atoms with Crippen LogP contribution in [0.15, 0.2) is 64.4 Å². The number of nitrogens with one attached hydrogen (secondary N) is 2. The molecule has 0 aliphatic heterocycles. The van der Waals surface area contributed by atoms with Crippen LogP contribution in [0.2, 0.25) is 0 Å². The van der Waals surface area contributed by atoms with Crippen LogP contribution in [0, 0.1) is 5.92 Å². The van der Waals surface area contributed by atoms with E-state index in [1.807, 2.05) is 30.3 Å². The lowest BCUT2D eigenvalue weighted by Crippen LogP contribution is -2.31. The van der Waals surface area contributed by atoms with Gasteiger partial charge in [-0.2, -0.15) is 0 Å². The molecule has 0 heterocycles. The van der Waals surface area contributed by atoms with Gasteiger partial charge in [-0.05, 0) is 42.4 Å². The average Bonchev–Trinajstić information content (AvgIpc) is 2.48. The molecule has 21 heavy (non-hydrogen) atoms. The largest absolute Gasteiger partial charge is 0.362 e. The standard InChI is InChI=1S/C17H20N2S2/c1-13(2)12-18-17(20)19-15-10-6-7-11-16(15)21-14-8-4-3-5-9-14/h3-11,13H,12H2,1-2H3,(H2,18,19,20).